The van der Waals surface area contributed by atoms with Gasteiger partial charge >= 0.3 is 0 Å². The van der Waals surface area contributed by atoms with Crippen molar-refractivity contribution in [3.8, 4) is 0 Å². The van der Waals surface area contributed by atoms with E-state index < -0.39 is 0 Å². The molecule has 9 heteroatoms. The second-order valence-electron chi connectivity index (χ2n) is 5.64. The Bertz CT molecular complexity index is 884. The SMILES string of the molecule is CCn1cc(CNC(=S)Nc2cnn(Cc3c(Cl)cccc3Cl)c2)cn1. The van der Waals surface area contributed by atoms with Crippen LogP contribution in [-0.4, -0.2) is 24.7 Å². The van der Waals surface area contributed by atoms with Gasteiger partial charge in [-0.05, 0) is 31.3 Å². The van der Waals surface area contributed by atoms with Crippen LogP contribution in [0.1, 0.15) is 18.1 Å². The Hall–Kier alpha value is -2.09. The van der Waals surface area contributed by atoms with Crippen LogP contribution in [0.3, 0.4) is 0 Å². The minimum atomic E-state index is 0.483. The molecule has 0 bridgehead atoms. The molecule has 136 valence electrons. The van der Waals surface area contributed by atoms with E-state index in [2.05, 4.69) is 20.8 Å². The van der Waals surface area contributed by atoms with Crippen LogP contribution in [0.2, 0.25) is 10.0 Å². The summed E-state index contributed by atoms with van der Waals surface area (Å²) in [6.45, 7) is 3.98. The van der Waals surface area contributed by atoms with Crippen molar-refractivity contribution < 1.29 is 0 Å². The monoisotopic (exact) mass is 408 g/mol. The highest BCUT2D eigenvalue weighted by Crippen LogP contribution is 2.25. The predicted molar refractivity (Wildman–Crippen MR) is 109 cm³/mol. The highest BCUT2D eigenvalue weighted by molar-refractivity contribution is 7.80. The zero-order valence-electron chi connectivity index (χ0n) is 14.1. The third-order valence-electron chi connectivity index (χ3n) is 3.74. The van der Waals surface area contributed by atoms with E-state index in [1.165, 1.54) is 0 Å². The summed E-state index contributed by atoms with van der Waals surface area (Å²) < 4.78 is 3.63. The van der Waals surface area contributed by atoms with Crippen molar-refractivity contribution in [2.24, 2.45) is 0 Å². The van der Waals surface area contributed by atoms with Crippen molar-refractivity contribution in [2.75, 3.05) is 5.32 Å². The molecule has 0 saturated heterocycles. The zero-order chi connectivity index (χ0) is 18.5. The molecule has 2 heterocycles. The molecule has 0 aliphatic heterocycles. The minimum Gasteiger partial charge on any atom is -0.358 e. The van der Waals surface area contributed by atoms with Gasteiger partial charge in [0.25, 0.3) is 0 Å². The summed E-state index contributed by atoms with van der Waals surface area (Å²) in [6.07, 6.45) is 7.36. The van der Waals surface area contributed by atoms with E-state index in [4.69, 9.17) is 35.4 Å². The predicted octanol–water partition coefficient (Wildman–Crippen LogP) is 3.94. The molecular weight excluding hydrogens is 391 g/mol. The largest absolute Gasteiger partial charge is 0.358 e. The highest BCUT2D eigenvalue weighted by atomic mass is 35.5. The minimum absolute atomic E-state index is 0.483. The van der Waals surface area contributed by atoms with Gasteiger partial charge in [0.15, 0.2) is 5.11 Å². The normalized spacial score (nSPS) is 10.7. The van der Waals surface area contributed by atoms with E-state index in [0.717, 1.165) is 23.4 Å². The van der Waals surface area contributed by atoms with Gasteiger partial charge in [-0.1, -0.05) is 29.3 Å². The number of nitrogens with zero attached hydrogens (tertiary/aromatic N) is 4. The van der Waals surface area contributed by atoms with Gasteiger partial charge in [-0.25, -0.2) is 0 Å². The fourth-order valence-electron chi connectivity index (χ4n) is 2.39. The molecule has 0 aliphatic rings. The lowest BCUT2D eigenvalue weighted by Gasteiger charge is -2.08. The van der Waals surface area contributed by atoms with Crippen LogP contribution in [0, 0.1) is 0 Å². The van der Waals surface area contributed by atoms with Gasteiger partial charge in [-0.15, -0.1) is 0 Å². The first-order valence-corrected chi connectivity index (χ1v) is 9.23. The van der Waals surface area contributed by atoms with Gasteiger partial charge in [0.1, 0.15) is 0 Å². The number of hydrogen-bond acceptors (Lipinski definition) is 3. The molecule has 0 radical (unpaired) electrons. The van der Waals surface area contributed by atoms with Crippen LogP contribution in [0.5, 0.6) is 0 Å². The molecule has 3 rings (SSSR count). The number of hydrogen-bond donors (Lipinski definition) is 2. The maximum absolute atomic E-state index is 6.20. The first-order chi connectivity index (χ1) is 12.5. The lowest BCUT2D eigenvalue weighted by Crippen LogP contribution is -2.27. The summed E-state index contributed by atoms with van der Waals surface area (Å²) >= 11 is 17.7. The summed E-state index contributed by atoms with van der Waals surface area (Å²) in [5, 5.41) is 16.6. The molecule has 6 nitrogen and oxygen atoms in total. The second-order valence-corrected chi connectivity index (χ2v) is 6.86. The standard InChI is InChI=1S/C17H18Cl2N6S/c1-2-24-9-12(7-21-24)6-20-17(26)23-13-8-22-25(10-13)11-14-15(18)4-3-5-16(14)19/h3-5,7-10H,2,6,11H2,1H3,(H2,20,23,26). The summed E-state index contributed by atoms with van der Waals surface area (Å²) in [5.41, 5.74) is 2.69. The topological polar surface area (TPSA) is 59.7 Å². The molecule has 0 spiro atoms. The second kappa shape index (κ2) is 8.53. The Kier molecular flexibility index (Phi) is 6.13. The van der Waals surface area contributed by atoms with E-state index in [0.29, 0.717) is 28.2 Å². The smallest absolute Gasteiger partial charge is 0.171 e. The molecular formula is C17H18Cl2N6S. The molecule has 0 saturated carbocycles. The van der Waals surface area contributed by atoms with Gasteiger partial charge in [0.05, 0.1) is 24.6 Å². The fourth-order valence-corrected chi connectivity index (χ4v) is 3.10. The highest BCUT2D eigenvalue weighted by Gasteiger charge is 2.08. The maximum atomic E-state index is 6.20. The lowest BCUT2D eigenvalue weighted by molar-refractivity contribution is 0.659. The quantitative estimate of drug-likeness (QED) is 0.604. The number of benzene rings is 1. The molecule has 1 aromatic carbocycles. The summed E-state index contributed by atoms with van der Waals surface area (Å²) in [7, 11) is 0. The lowest BCUT2D eigenvalue weighted by atomic mass is 10.2. The molecule has 2 N–H and O–H groups in total. The third-order valence-corrected chi connectivity index (χ3v) is 4.69. The number of nitrogens with one attached hydrogen (secondary N) is 2. The van der Waals surface area contributed by atoms with Crippen molar-refractivity contribution in [2.45, 2.75) is 26.6 Å². The fraction of sp³-hybridized carbons (Fsp3) is 0.235. The number of aryl methyl sites for hydroxylation is 1. The van der Waals surface area contributed by atoms with Crippen LogP contribution in [0.4, 0.5) is 5.69 Å². The van der Waals surface area contributed by atoms with Crippen LogP contribution < -0.4 is 10.6 Å². The summed E-state index contributed by atoms with van der Waals surface area (Å²) in [5.74, 6) is 0. The van der Waals surface area contributed by atoms with Gasteiger partial charge in [0.2, 0.25) is 0 Å². The van der Waals surface area contributed by atoms with Crippen LogP contribution in [0.15, 0.2) is 43.0 Å². The van der Waals surface area contributed by atoms with E-state index in [1.807, 2.05) is 48.4 Å². The van der Waals surface area contributed by atoms with Gasteiger partial charge in [0, 0.05) is 46.7 Å². The number of thiocarbonyl (C=S) groups is 1. The van der Waals surface area contributed by atoms with Crippen LogP contribution >= 0.6 is 35.4 Å². The first kappa shape index (κ1) is 18.7. The van der Waals surface area contributed by atoms with Crippen LogP contribution in [0.25, 0.3) is 0 Å². The molecule has 0 fully saturated rings. The number of anilines is 1. The number of rotatable bonds is 6. The Balaban J connectivity index is 1.55. The van der Waals surface area contributed by atoms with Crippen molar-refractivity contribution in [1.29, 1.82) is 0 Å². The molecule has 0 aliphatic carbocycles. The van der Waals surface area contributed by atoms with Gasteiger partial charge in [-0.3, -0.25) is 9.36 Å². The molecule has 3 aromatic rings. The number of halogens is 2. The Morgan fingerprint density at radius 3 is 2.54 bits per heavy atom. The van der Waals surface area contributed by atoms with E-state index in [-0.39, 0.29) is 0 Å². The average molecular weight is 409 g/mol. The van der Waals surface area contributed by atoms with Crippen molar-refractivity contribution in [3.63, 3.8) is 0 Å². The Morgan fingerprint density at radius 1 is 1.12 bits per heavy atom. The van der Waals surface area contributed by atoms with Crippen LogP contribution in [-0.2, 0) is 19.6 Å². The molecule has 2 aromatic heterocycles. The van der Waals surface area contributed by atoms with Crippen molar-refractivity contribution in [3.05, 3.63) is 64.2 Å². The first-order valence-electron chi connectivity index (χ1n) is 8.06. The van der Waals surface area contributed by atoms with Crippen molar-refractivity contribution >= 4 is 46.2 Å². The average Bonchev–Trinajstić information content (AvgIpc) is 3.25. The third kappa shape index (κ3) is 4.75. The summed E-state index contributed by atoms with van der Waals surface area (Å²) in [4.78, 5) is 0. The maximum Gasteiger partial charge on any atom is 0.171 e. The van der Waals surface area contributed by atoms with Gasteiger partial charge in [-0.2, -0.15) is 10.2 Å². The number of aromatic nitrogens is 4. The Labute approximate surface area is 167 Å². The Morgan fingerprint density at radius 2 is 1.85 bits per heavy atom. The van der Waals surface area contributed by atoms with Gasteiger partial charge < -0.3 is 10.6 Å². The van der Waals surface area contributed by atoms with E-state index in [1.54, 1.807) is 10.9 Å². The molecule has 0 atom stereocenters. The van der Waals surface area contributed by atoms with E-state index >= 15 is 0 Å². The summed E-state index contributed by atoms with van der Waals surface area (Å²) in [6, 6.07) is 5.44. The molecule has 0 amide bonds. The molecule has 26 heavy (non-hydrogen) atoms. The van der Waals surface area contributed by atoms with E-state index in [9.17, 15) is 0 Å². The molecule has 0 unspecified atom stereocenters. The zero-order valence-corrected chi connectivity index (χ0v) is 16.4. The van der Waals surface area contributed by atoms with Crippen molar-refractivity contribution in [1.82, 2.24) is 24.9 Å².